The standard InChI is InChI=1S/C9H15N3O2/c1-3-6(4-2)12-5-7(10)8(11-12)9(13)14/h5-6H,3-4,10H2,1-2H3,(H,13,14). The van der Waals surface area contributed by atoms with Gasteiger partial charge in [0.2, 0.25) is 0 Å². The van der Waals surface area contributed by atoms with Gasteiger partial charge in [-0.3, -0.25) is 4.68 Å². The summed E-state index contributed by atoms with van der Waals surface area (Å²) >= 11 is 0. The van der Waals surface area contributed by atoms with E-state index in [1.54, 1.807) is 10.9 Å². The third kappa shape index (κ3) is 1.86. The minimum absolute atomic E-state index is 0.0584. The van der Waals surface area contributed by atoms with E-state index in [2.05, 4.69) is 5.10 Å². The number of carboxylic acids is 1. The molecular formula is C9H15N3O2. The molecule has 0 fully saturated rings. The van der Waals surface area contributed by atoms with Crippen LogP contribution in [0.25, 0.3) is 0 Å². The van der Waals surface area contributed by atoms with Crippen molar-refractivity contribution >= 4 is 11.7 Å². The summed E-state index contributed by atoms with van der Waals surface area (Å²) in [4.78, 5) is 10.7. The molecule has 1 aromatic heterocycles. The van der Waals surface area contributed by atoms with E-state index in [1.165, 1.54) is 0 Å². The Bertz CT molecular complexity index is 329. The molecule has 0 spiro atoms. The van der Waals surface area contributed by atoms with Gasteiger partial charge >= 0.3 is 5.97 Å². The van der Waals surface area contributed by atoms with Crippen LogP contribution in [-0.4, -0.2) is 20.9 Å². The van der Waals surface area contributed by atoms with Gasteiger partial charge in [-0.15, -0.1) is 0 Å². The molecule has 0 aliphatic carbocycles. The molecule has 3 N–H and O–H groups in total. The average molecular weight is 197 g/mol. The zero-order valence-corrected chi connectivity index (χ0v) is 8.40. The van der Waals surface area contributed by atoms with Gasteiger partial charge in [0.25, 0.3) is 0 Å². The number of anilines is 1. The fourth-order valence-electron chi connectivity index (χ4n) is 1.42. The predicted octanol–water partition coefficient (Wildman–Crippen LogP) is 1.52. The maximum atomic E-state index is 10.7. The highest BCUT2D eigenvalue weighted by Crippen LogP contribution is 2.18. The van der Waals surface area contributed by atoms with Gasteiger partial charge < -0.3 is 10.8 Å². The highest BCUT2D eigenvalue weighted by Gasteiger charge is 2.16. The molecule has 0 atom stereocenters. The molecule has 0 radical (unpaired) electrons. The second-order valence-electron chi connectivity index (χ2n) is 3.19. The van der Waals surface area contributed by atoms with Crippen LogP contribution in [0.1, 0.15) is 43.2 Å². The van der Waals surface area contributed by atoms with Gasteiger partial charge in [0.1, 0.15) is 0 Å². The molecule has 0 saturated heterocycles. The third-order valence-electron chi connectivity index (χ3n) is 2.28. The maximum absolute atomic E-state index is 10.7. The van der Waals surface area contributed by atoms with Gasteiger partial charge in [-0.05, 0) is 12.8 Å². The van der Waals surface area contributed by atoms with Crippen LogP contribution in [0, 0.1) is 0 Å². The molecule has 1 heterocycles. The van der Waals surface area contributed by atoms with E-state index in [-0.39, 0.29) is 17.4 Å². The third-order valence-corrected chi connectivity index (χ3v) is 2.28. The van der Waals surface area contributed by atoms with Crippen LogP contribution in [-0.2, 0) is 0 Å². The Kier molecular flexibility index (Phi) is 3.11. The molecule has 0 unspecified atom stereocenters. The fraction of sp³-hybridized carbons (Fsp3) is 0.556. The summed E-state index contributed by atoms with van der Waals surface area (Å²) in [5, 5.41) is 12.7. The van der Waals surface area contributed by atoms with E-state index in [1.807, 2.05) is 13.8 Å². The molecule has 14 heavy (non-hydrogen) atoms. The summed E-state index contributed by atoms with van der Waals surface area (Å²) in [6.45, 7) is 4.07. The molecule has 1 aromatic rings. The zero-order chi connectivity index (χ0) is 10.7. The smallest absolute Gasteiger partial charge is 0.358 e. The molecule has 5 nitrogen and oxygen atoms in total. The molecule has 5 heteroatoms. The lowest BCUT2D eigenvalue weighted by atomic mass is 10.2. The van der Waals surface area contributed by atoms with Crippen molar-refractivity contribution in [1.29, 1.82) is 0 Å². The first-order valence-electron chi connectivity index (χ1n) is 4.68. The van der Waals surface area contributed by atoms with Crippen LogP contribution in [0.2, 0.25) is 0 Å². The summed E-state index contributed by atoms with van der Waals surface area (Å²) in [5.74, 6) is -1.08. The molecule has 1 rings (SSSR count). The van der Waals surface area contributed by atoms with Crippen LogP contribution >= 0.6 is 0 Å². The Morgan fingerprint density at radius 2 is 2.21 bits per heavy atom. The fourth-order valence-corrected chi connectivity index (χ4v) is 1.42. The Morgan fingerprint density at radius 3 is 2.57 bits per heavy atom. The SMILES string of the molecule is CCC(CC)n1cc(N)c(C(=O)O)n1. The van der Waals surface area contributed by atoms with E-state index in [0.717, 1.165) is 12.8 Å². The highest BCUT2D eigenvalue weighted by atomic mass is 16.4. The number of nitrogen functional groups attached to an aromatic ring is 1. The summed E-state index contributed by atoms with van der Waals surface area (Å²) < 4.78 is 1.64. The van der Waals surface area contributed by atoms with E-state index in [0.29, 0.717) is 0 Å². The summed E-state index contributed by atoms with van der Waals surface area (Å²) in [6, 6.07) is 0.227. The molecular weight excluding hydrogens is 182 g/mol. The van der Waals surface area contributed by atoms with Crippen molar-refractivity contribution in [3.05, 3.63) is 11.9 Å². The van der Waals surface area contributed by atoms with Crippen molar-refractivity contribution in [2.75, 3.05) is 5.73 Å². The number of hydrogen-bond acceptors (Lipinski definition) is 3. The normalized spacial score (nSPS) is 10.8. The van der Waals surface area contributed by atoms with E-state index in [9.17, 15) is 4.79 Å². The largest absolute Gasteiger partial charge is 0.476 e. The summed E-state index contributed by atoms with van der Waals surface area (Å²) in [5.41, 5.74) is 5.69. The van der Waals surface area contributed by atoms with Crippen molar-refractivity contribution in [2.24, 2.45) is 0 Å². The number of nitrogens with zero attached hydrogens (tertiary/aromatic N) is 2. The zero-order valence-electron chi connectivity index (χ0n) is 8.40. The molecule has 0 aliphatic heterocycles. The van der Waals surface area contributed by atoms with E-state index < -0.39 is 5.97 Å². The number of aromatic nitrogens is 2. The monoisotopic (exact) mass is 197 g/mol. The van der Waals surface area contributed by atoms with Crippen LogP contribution in [0.5, 0.6) is 0 Å². The number of nitrogens with two attached hydrogens (primary N) is 1. The van der Waals surface area contributed by atoms with Crippen LogP contribution in [0.15, 0.2) is 6.20 Å². The van der Waals surface area contributed by atoms with E-state index >= 15 is 0 Å². The van der Waals surface area contributed by atoms with Crippen molar-refractivity contribution in [3.63, 3.8) is 0 Å². The Balaban J connectivity index is 3.01. The number of carbonyl (C=O) groups is 1. The van der Waals surface area contributed by atoms with Gasteiger partial charge in [0.15, 0.2) is 5.69 Å². The highest BCUT2D eigenvalue weighted by molar-refractivity contribution is 5.91. The Morgan fingerprint density at radius 1 is 1.64 bits per heavy atom. The summed E-state index contributed by atoms with van der Waals surface area (Å²) in [7, 11) is 0. The second-order valence-corrected chi connectivity index (χ2v) is 3.19. The molecule has 0 aliphatic rings. The average Bonchev–Trinajstić information content (AvgIpc) is 2.50. The van der Waals surface area contributed by atoms with Gasteiger partial charge in [-0.2, -0.15) is 5.10 Å². The van der Waals surface area contributed by atoms with Crippen molar-refractivity contribution < 1.29 is 9.90 Å². The van der Waals surface area contributed by atoms with Crippen molar-refractivity contribution in [1.82, 2.24) is 9.78 Å². The van der Waals surface area contributed by atoms with Gasteiger partial charge in [-0.25, -0.2) is 4.79 Å². The predicted molar refractivity (Wildman–Crippen MR) is 53.2 cm³/mol. The van der Waals surface area contributed by atoms with Crippen molar-refractivity contribution in [2.45, 2.75) is 32.7 Å². The Labute approximate surface area is 82.5 Å². The molecule has 0 bridgehead atoms. The first-order chi connectivity index (χ1) is 6.60. The maximum Gasteiger partial charge on any atom is 0.358 e. The lowest BCUT2D eigenvalue weighted by molar-refractivity contribution is 0.0690. The van der Waals surface area contributed by atoms with Gasteiger partial charge in [-0.1, -0.05) is 13.8 Å². The quantitative estimate of drug-likeness (QED) is 0.766. The molecule has 0 saturated carbocycles. The molecule has 0 aromatic carbocycles. The summed E-state index contributed by atoms with van der Waals surface area (Å²) in [6.07, 6.45) is 3.41. The minimum atomic E-state index is -1.08. The number of hydrogen-bond donors (Lipinski definition) is 2. The minimum Gasteiger partial charge on any atom is -0.476 e. The first kappa shape index (κ1) is 10.6. The number of carboxylic acid groups (broad SMARTS) is 1. The number of rotatable bonds is 4. The van der Waals surface area contributed by atoms with Gasteiger partial charge in [0, 0.05) is 6.20 Å². The topological polar surface area (TPSA) is 81.1 Å². The van der Waals surface area contributed by atoms with Crippen LogP contribution in [0.3, 0.4) is 0 Å². The second kappa shape index (κ2) is 4.13. The van der Waals surface area contributed by atoms with Crippen LogP contribution < -0.4 is 5.73 Å². The number of aromatic carboxylic acids is 1. The van der Waals surface area contributed by atoms with Crippen LogP contribution in [0.4, 0.5) is 5.69 Å². The van der Waals surface area contributed by atoms with Gasteiger partial charge in [0.05, 0.1) is 11.7 Å². The van der Waals surface area contributed by atoms with E-state index in [4.69, 9.17) is 10.8 Å². The lowest BCUT2D eigenvalue weighted by Gasteiger charge is -2.11. The Hall–Kier alpha value is -1.52. The van der Waals surface area contributed by atoms with Crippen molar-refractivity contribution in [3.8, 4) is 0 Å². The lowest BCUT2D eigenvalue weighted by Crippen LogP contribution is -2.09. The molecule has 0 amide bonds. The first-order valence-corrected chi connectivity index (χ1v) is 4.68. The molecule has 78 valence electrons.